The average molecular weight is 178 g/mol. The summed E-state index contributed by atoms with van der Waals surface area (Å²) in [6.07, 6.45) is 5.87. The van der Waals surface area contributed by atoms with Crippen LogP contribution in [0.3, 0.4) is 0 Å². The van der Waals surface area contributed by atoms with Gasteiger partial charge in [0.15, 0.2) is 0 Å². The van der Waals surface area contributed by atoms with Crippen LogP contribution >= 0.6 is 12.4 Å². The summed E-state index contributed by atoms with van der Waals surface area (Å²) in [5, 5.41) is 13.0. The zero-order valence-corrected chi connectivity index (χ0v) is 7.49. The third-order valence-electron chi connectivity index (χ3n) is 3.03. The van der Waals surface area contributed by atoms with E-state index >= 15 is 0 Å². The van der Waals surface area contributed by atoms with Gasteiger partial charge in [-0.2, -0.15) is 0 Å². The topological polar surface area (TPSA) is 32.3 Å². The van der Waals surface area contributed by atoms with Gasteiger partial charge in [0.2, 0.25) is 0 Å². The molecule has 2 rings (SSSR count). The Morgan fingerprint density at radius 1 is 1.27 bits per heavy atom. The van der Waals surface area contributed by atoms with E-state index in [2.05, 4.69) is 5.32 Å². The smallest absolute Gasteiger partial charge is 0.0733 e. The Morgan fingerprint density at radius 3 is 2.36 bits per heavy atom. The molecule has 1 atom stereocenters. The summed E-state index contributed by atoms with van der Waals surface area (Å²) in [5.41, 5.74) is 0.153. The molecule has 0 amide bonds. The first-order valence-electron chi connectivity index (χ1n) is 4.27. The van der Waals surface area contributed by atoms with Crippen molar-refractivity contribution in [1.29, 1.82) is 0 Å². The quantitative estimate of drug-likeness (QED) is 0.581. The van der Waals surface area contributed by atoms with Gasteiger partial charge in [-0.05, 0) is 25.8 Å². The van der Waals surface area contributed by atoms with Crippen molar-refractivity contribution in [1.82, 2.24) is 5.32 Å². The van der Waals surface area contributed by atoms with Gasteiger partial charge in [0.05, 0.1) is 6.10 Å². The highest BCUT2D eigenvalue weighted by Crippen LogP contribution is 2.36. The molecule has 1 unspecified atom stereocenters. The molecule has 1 spiro atoms. The summed E-state index contributed by atoms with van der Waals surface area (Å²) in [6.45, 7) is 1.02. The number of hydrogen-bond acceptors (Lipinski definition) is 2. The highest BCUT2D eigenvalue weighted by Gasteiger charge is 2.43. The van der Waals surface area contributed by atoms with Crippen molar-refractivity contribution in [2.45, 2.75) is 43.7 Å². The molecule has 1 aliphatic carbocycles. The zero-order valence-electron chi connectivity index (χ0n) is 6.68. The Bertz CT molecular complexity index is 129. The second-order valence-electron chi connectivity index (χ2n) is 3.59. The summed E-state index contributed by atoms with van der Waals surface area (Å²) < 4.78 is 0. The first-order chi connectivity index (χ1) is 4.83. The van der Waals surface area contributed by atoms with E-state index in [-0.39, 0.29) is 24.0 Å². The van der Waals surface area contributed by atoms with Crippen LogP contribution in [0.1, 0.15) is 32.1 Å². The largest absolute Gasteiger partial charge is 0.391 e. The van der Waals surface area contributed by atoms with Crippen LogP contribution in [0.25, 0.3) is 0 Å². The Balaban J connectivity index is 0.000000605. The Morgan fingerprint density at radius 2 is 1.91 bits per heavy atom. The minimum absolute atomic E-state index is 0. The number of halogens is 1. The predicted molar refractivity (Wildman–Crippen MR) is 47.1 cm³/mol. The van der Waals surface area contributed by atoms with Gasteiger partial charge in [-0.15, -0.1) is 12.4 Å². The number of hydrogen-bond donors (Lipinski definition) is 2. The van der Waals surface area contributed by atoms with Gasteiger partial charge in [-0.1, -0.05) is 12.8 Å². The summed E-state index contributed by atoms with van der Waals surface area (Å²) in [6, 6.07) is 0. The summed E-state index contributed by atoms with van der Waals surface area (Å²) in [7, 11) is 0. The average Bonchev–Trinajstić information content (AvgIpc) is 2.48. The van der Waals surface area contributed by atoms with Crippen LogP contribution in [0.15, 0.2) is 0 Å². The van der Waals surface area contributed by atoms with E-state index in [1.54, 1.807) is 0 Å². The highest BCUT2D eigenvalue weighted by atomic mass is 35.5. The molecule has 2 nitrogen and oxygen atoms in total. The lowest BCUT2D eigenvalue weighted by Crippen LogP contribution is -2.44. The molecule has 0 radical (unpaired) electrons. The molecule has 2 aliphatic rings. The molecule has 1 aliphatic heterocycles. The molecule has 0 aromatic rings. The van der Waals surface area contributed by atoms with Gasteiger partial charge in [0, 0.05) is 5.54 Å². The van der Waals surface area contributed by atoms with Gasteiger partial charge in [-0.25, -0.2) is 0 Å². The minimum atomic E-state index is -0.0602. The van der Waals surface area contributed by atoms with E-state index in [1.165, 1.54) is 25.7 Å². The second-order valence-corrected chi connectivity index (χ2v) is 3.59. The van der Waals surface area contributed by atoms with E-state index in [0.717, 1.165) is 13.0 Å². The molecule has 2 N–H and O–H groups in total. The molecule has 66 valence electrons. The van der Waals surface area contributed by atoms with Crippen molar-refractivity contribution >= 4 is 12.4 Å². The minimum Gasteiger partial charge on any atom is -0.391 e. The molecular formula is C8H16ClNO. The summed E-state index contributed by atoms with van der Waals surface area (Å²) >= 11 is 0. The maximum Gasteiger partial charge on any atom is 0.0733 e. The molecule has 2 fully saturated rings. The van der Waals surface area contributed by atoms with E-state index < -0.39 is 0 Å². The monoisotopic (exact) mass is 177 g/mol. The van der Waals surface area contributed by atoms with E-state index in [1.807, 2.05) is 0 Å². The molecular weight excluding hydrogens is 162 g/mol. The van der Waals surface area contributed by atoms with Crippen molar-refractivity contribution in [2.75, 3.05) is 6.54 Å². The number of nitrogens with one attached hydrogen (secondary N) is 1. The molecule has 0 bridgehead atoms. The third-order valence-corrected chi connectivity index (χ3v) is 3.03. The van der Waals surface area contributed by atoms with Crippen molar-refractivity contribution < 1.29 is 5.11 Å². The first kappa shape index (κ1) is 9.30. The first-order valence-corrected chi connectivity index (χ1v) is 4.27. The van der Waals surface area contributed by atoms with E-state index in [4.69, 9.17) is 0 Å². The fourth-order valence-corrected chi connectivity index (χ4v) is 2.37. The third kappa shape index (κ3) is 1.40. The lowest BCUT2D eigenvalue weighted by Gasteiger charge is -2.27. The van der Waals surface area contributed by atoms with Gasteiger partial charge in [0.25, 0.3) is 0 Å². The number of aliphatic hydroxyl groups excluding tert-OH is 1. The van der Waals surface area contributed by atoms with E-state index in [9.17, 15) is 5.11 Å². The SMILES string of the molecule is Cl.OC1CCNC12CCCC2. The highest BCUT2D eigenvalue weighted by molar-refractivity contribution is 5.85. The standard InChI is InChI=1S/C8H15NO.ClH/c10-7-3-6-9-8(7)4-1-2-5-8;/h7,9-10H,1-6H2;1H. The van der Waals surface area contributed by atoms with Crippen molar-refractivity contribution in [3.63, 3.8) is 0 Å². The maximum atomic E-state index is 9.62. The van der Waals surface area contributed by atoms with Gasteiger partial charge in [0.1, 0.15) is 0 Å². The Kier molecular flexibility index (Phi) is 2.79. The van der Waals surface area contributed by atoms with Crippen LogP contribution in [0, 0.1) is 0 Å². The van der Waals surface area contributed by atoms with Crippen LogP contribution in [-0.4, -0.2) is 23.3 Å². The molecule has 0 aromatic heterocycles. The molecule has 1 saturated heterocycles. The van der Waals surface area contributed by atoms with Crippen LogP contribution in [0.4, 0.5) is 0 Å². The molecule has 11 heavy (non-hydrogen) atoms. The van der Waals surface area contributed by atoms with Gasteiger partial charge >= 0.3 is 0 Å². The maximum absolute atomic E-state index is 9.62. The fourth-order valence-electron chi connectivity index (χ4n) is 2.37. The second kappa shape index (κ2) is 3.30. The van der Waals surface area contributed by atoms with Crippen LogP contribution in [0.2, 0.25) is 0 Å². The molecule has 1 heterocycles. The van der Waals surface area contributed by atoms with Crippen LogP contribution in [-0.2, 0) is 0 Å². The normalized spacial score (nSPS) is 34.1. The lowest BCUT2D eigenvalue weighted by atomic mass is 9.93. The zero-order chi connectivity index (χ0) is 7.03. The number of rotatable bonds is 0. The van der Waals surface area contributed by atoms with Gasteiger partial charge in [-0.3, -0.25) is 0 Å². The van der Waals surface area contributed by atoms with Crippen molar-refractivity contribution in [2.24, 2.45) is 0 Å². The predicted octanol–water partition coefficient (Wildman–Crippen LogP) is 1.08. The number of aliphatic hydroxyl groups is 1. The van der Waals surface area contributed by atoms with Crippen molar-refractivity contribution in [3.8, 4) is 0 Å². The fraction of sp³-hybridized carbons (Fsp3) is 1.00. The van der Waals surface area contributed by atoms with Crippen molar-refractivity contribution in [3.05, 3.63) is 0 Å². The van der Waals surface area contributed by atoms with E-state index in [0.29, 0.717) is 0 Å². The lowest BCUT2D eigenvalue weighted by molar-refractivity contribution is 0.101. The molecule has 0 aromatic carbocycles. The van der Waals surface area contributed by atoms with Crippen LogP contribution in [0.5, 0.6) is 0 Å². The summed E-state index contributed by atoms with van der Waals surface area (Å²) in [5.74, 6) is 0. The van der Waals surface area contributed by atoms with Crippen LogP contribution < -0.4 is 5.32 Å². The molecule has 1 saturated carbocycles. The van der Waals surface area contributed by atoms with Gasteiger partial charge < -0.3 is 10.4 Å². The Hall–Kier alpha value is 0.210. The Labute approximate surface area is 73.8 Å². The molecule has 3 heteroatoms. The summed E-state index contributed by atoms with van der Waals surface area (Å²) in [4.78, 5) is 0.